The summed E-state index contributed by atoms with van der Waals surface area (Å²) >= 11 is 0. The first-order valence-electron chi connectivity index (χ1n) is 18.4. The molecule has 0 aliphatic heterocycles. The molecule has 4 aliphatic rings. The summed E-state index contributed by atoms with van der Waals surface area (Å²) in [5.74, 6) is 3.85. The third-order valence-corrected chi connectivity index (χ3v) is 18.9. The number of ketones is 1. The van der Waals surface area contributed by atoms with Crippen LogP contribution in [0.3, 0.4) is 0 Å². The van der Waals surface area contributed by atoms with Crippen LogP contribution in [0.5, 0.6) is 0 Å². The number of hydrogen-bond donors (Lipinski definition) is 0. The Kier molecular flexibility index (Phi) is 9.96. The Hall–Kier alpha value is -1.46. The fourth-order valence-corrected chi connectivity index (χ4v) is 12.1. The van der Waals surface area contributed by atoms with E-state index >= 15 is 0 Å². The van der Waals surface area contributed by atoms with E-state index in [-0.39, 0.29) is 27.9 Å². The zero-order valence-corrected chi connectivity index (χ0v) is 31.3. The minimum atomic E-state index is -1.83. The number of Topliss-reactive ketones (excluding diaryl/α,β-unsaturated/α-hetero) is 1. The highest BCUT2D eigenvalue weighted by Crippen LogP contribution is 2.68. The Morgan fingerprint density at radius 3 is 2.27 bits per heavy atom. The van der Waals surface area contributed by atoms with E-state index in [0.29, 0.717) is 65.3 Å². The summed E-state index contributed by atoms with van der Waals surface area (Å²) in [6.45, 7) is 24.1. The van der Waals surface area contributed by atoms with E-state index in [2.05, 4.69) is 68.5 Å². The fraction of sp³-hybridized carbons (Fsp3) is 0.800. The Morgan fingerprint density at radius 1 is 0.956 bits per heavy atom. The van der Waals surface area contributed by atoms with E-state index in [1.807, 2.05) is 30.3 Å². The number of ether oxygens (including phenoxy) is 1. The Bertz CT molecular complexity index is 1200. The minimum absolute atomic E-state index is 0.103. The van der Waals surface area contributed by atoms with Crippen molar-refractivity contribution in [3.63, 3.8) is 0 Å². The molecule has 0 saturated heterocycles. The van der Waals surface area contributed by atoms with Crippen molar-refractivity contribution >= 4 is 20.1 Å². The van der Waals surface area contributed by atoms with Gasteiger partial charge in [0, 0.05) is 24.9 Å². The smallest absolute Gasteiger partial charge is 0.338 e. The lowest BCUT2D eigenvalue weighted by atomic mass is 9.43. The number of carbonyl (C=O) groups excluding carboxylic acids is 2. The van der Waals surface area contributed by atoms with Crippen LogP contribution in [0.2, 0.25) is 18.1 Å². The largest absolute Gasteiger partial charge is 0.458 e. The van der Waals surface area contributed by atoms with Gasteiger partial charge in [0.15, 0.2) is 8.32 Å². The van der Waals surface area contributed by atoms with Gasteiger partial charge in [-0.15, -0.1) is 0 Å². The summed E-state index contributed by atoms with van der Waals surface area (Å²) in [4.78, 5) is 26.2. The van der Waals surface area contributed by atoms with Gasteiger partial charge in [0.2, 0.25) is 0 Å². The van der Waals surface area contributed by atoms with Crippen molar-refractivity contribution in [3.8, 4) is 0 Å². The SMILES string of the molecule is CC(C)C(CC[C@@H](C)[C@H]1CC[C@H]2[C@@H]3[C@H](OC(=O)c4ccccc4)C[C@H]4CC(=O)CC[C@]4(C)[C@H]3CC[C@]12C)O[Si](C)(C)C(C)(C)C. The Labute approximate surface area is 276 Å². The summed E-state index contributed by atoms with van der Waals surface area (Å²) in [7, 11) is -1.83. The van der Waals surface area contributed by atoms with Crippen molar-refractivity contribution in [3.05, 3.63) is 35.9 Å². The lowest BCUT2D eigenvalue weighted by Gasteiger charge is -2.62. The van der Waals surface area contributed by atoms with Gasteiger partial charge in [-0.3, -0.25) is 4.79 Å². The zero-order valence-electron chi connectivity index (χ0n) is 30.3. The highest BCUT2D eigenvalue weighted by atomic mass is 28.4. The first-order valence-corrected chi connectivity index (χ1v) is 21.3. The van der Waals surface area contributed by atoms with Crippen LogP contribution in [0.4, 0.5) is 0 Å². The number of fused-ring (bicyclic) bond motifs is 5. The molecule has 0 N–H and O–H groups in total. The third kappa shape index (κ3) is 6.65. The van der Waals surface area contributed by atoms with Gasteiger partial charge in [0.25, 0.3) is 0 Å². The average Bonchev–Trinajstić information content (AvgIpc) is 3.32. The molecule has 0 radical (unpaired) electrons. The normalized spacial score (nSPS) is 36.6. The van der Waals surface area contributed by atoms with Gasteiger partial charge in [-0.25, -0.2) is 4.79 Å². The van der Waals surface area contributed by atoms with Gasteiger partial charge in [0.05, 0.1) is 5.56 Å². The number of esters is 1. The molecule has 0 heterocycles. The summed E-state index contributed by atoms with van der Waals surface area (Å²) in [5.41, 5.74) is 1.07. The molecule has 10 atom stereocenters. The summed E-state index contributed by atoms with van der Waals surface area (Å²) in [5, 5.41) is 0.221. The fourth-order valence-electron chi connectivity index (χ4n) is 10.6. The monoisotopic (exact) mass is 636 g/mol. The van der Waals surface area contributed by atoms with Crippen LogP contribution < -0.4 is 0 Å². The molecule has 5 heteroatoms. The van der Waals surface area contributed by atoms with Crippen LogP contribution in [0.15, 0.2) is 30.3 Å². The van der Waals surface area contributed by atoms with Gasteiger partial charge < -0.3 is 9.16 Å². The van der Waals surface area contributed by atoms with Crippen molar-refractivity contribution in [1.82, 2.24) is 0 Å². The minimum Gasteiger partial charge on any atom is -0.458 e. The van der Waals surface area contributed by atoms with Crippen molar-refractivity contribution in [1.29, 1.82) is 0 Å². The van der Waals surface area contributed by atoms with Gasteiger partial charge in [0.1, 0.15) is 11.9 Å². The molecule has 1 aromatic carbocycles. The van der Waals surface area contributed by atoms with Gasteiger partial charge in [-0.1, -0.05) is 73.6 Å². The molecule has 1 aromatic rings. The van der Waals surface area contributed by atoms with E-state index in [1.165, 1.54) is 32.1 Å². The topological polar surface area (TPSA) is 52.6 Å². The number of benzene rings is 1. The zero-order chi connectivity index (χ0) is 32.9. The first-order chi connectivity index (χ1) is 21.0. The molecule has 4 saturated carbocycles. The molecule has 0 spiro atoms. The number of rotatable bonds is 9. The number of hydrogen-bond acceptors (Lipinski definition) is 4. The van der Waals surface area contributed by atoms with Crippen molar-refractivity contribution in [2.24, 2.45) is 52.3 Å². The van der Waals surface area contributed by atoms with Crippen molar-refractivity contribution < 1.29 is 18.8 Å². The van der Waals surface area contributed by atoms with E-state index in [9.17, 15) is 9.59 Å². The van der Waals surface area contributed by atoms with Crippen molar-refractivity contribution in [2.45, 2.75) is 150 Å². The molecule has 4 aliphatic carbocycles. The predicted molar refractivity (Wildman–Crippen MR) is 187 cm³/mol. The van der Waals surface area contributed by atoms with Crippen LogP contribution in [-0.2, 0) is 14.0 Å². The van der Waals surface area contributed by atoms with E-state index in [4.69, 9.17) is 9.16 Å². The predicted octanol–water partition coefficient (Wildman–Crippen LogP) is 10.5. The molecule has 252 valence electrons. The molecule has 0 aromatic heterocycles. The van der Waals surface area contributed by atoms with E-state index < -0.39 is 8.32 Å². The lowest BCUT2D eigenvalue weighted by molar-refractivity contribution is -0.170. The molecule has 4 nitrogen and oxygen atoms in total. The molecular weight excluding hydrogens is 573 g/mol. The van der Waals surface area contributed by atoms with E-state index in [0.717, 1.165) is 25.7 Å². The molecule has 1 unspecified atom stereocenters. The van der Waals surface area contributed by atoms with Crippen LogP contribution in [0.1, 0.15) is 130 Å². The maximum Gasteiger partial charge on any atom is 0.338 e. The molecule has 0 bridgehead atoms. The standard InChI is InChI=1S/C40H64O4Si/c1-26(2)34(44-45(9,10)38(4,5)6)19-16-27(3)31-17-18-32-36-33(21-23-40(31,32)8)39(7)22-20-30(41)24-29(39)25-35(36)43-37(42)28-14-12-11-13-15-28/h11-15,26-27,29,31-36H,16-25H2,1-10H3/t27-,29-,31-,32+,33+,34?,35-,36+,39+,40-/m1/s1. The Balaban J connectivity index is 1.36. The van der Waals surface area contributed by atoms with Gasteiger partial charge in [-0.05, 0) is 128 Å². The maximum absolute atomic E-state index is 13.5. The average molecular weight is 637 g/mol. The second-order valence-electron chi connectivity index (χ2n) is 18.2. The quantitative estimate of drug-likeness (QED) is 0.200. The van der Waals surface area contributed by atoms with Crippen LogP contribution in [-0.4, -0.2) is 32.3 Å². The highest BCUT2D eigenvalue weighted by Gasteiger charge is 2.64. The third-order valence-electron chi connectivity index (χ3n) is 14.4. The molecule has 0 amide bonds. The Morgan fingerprint density at radius 2 is 1.62 bits per heavy atom. The number of carbonyl (C=O) groups is 2. The van der Waals surface area contributed by atoms with Gasteiger partial charge >= 0.3 is 5.97 Å². The van der Waals surface area contributed by atoms with Crippen LogP contribution >= 0.6 is 0 Å². The molecule has 45 heavy (non-hydrogen) atoms. The van der Waals surface area contributed by atoms with Crippen LogP contribution in [0, 0.1) is 52.3 Å². The van der Waals surface area contributed by atoms with Crippen molar-refractivity contribution in [2.75, 3.05) is 0 Å². The molecule has 5 rings (SSSR count). The second-order valence-corrected chi connectivity index (χ2v) is 23.0. The second kappa shape index (κ2) is 12.9. The highest BCUT2D eigenvalue weighted by molar-refractivity contribution is 6.74. The maximum atomic E-state index is 13.5. The van der Waals surface area contributed by atoms with Crippen LogP contribution in [0.25, 0.3) is 0 Å². The summed E-state index contributed by atoms with van der Waals surface area (Å²) in [6, 6.07) is 9.52. The molecular formula is C40H64O4Si. The first kappa shape index (κ1) is 34.9. The van der Waals surface area contributed by atoms with Gasteiger partial charge in [-0.2, -0.15) is 0 Å². The molecule has 4 fully saturated rings. The lowest BCUT2D eigenvalue weighted by Crippen LogP contribution is -2.59. The van der Waals surface area contributed by atoms with E-state index in [1.54, 1.807) is 0 Å². The summed E-state index contributed by atoms with van der Waals surface area (Å²) < 4.78 is 13.5. The summed E-state index contributed by atoms with van der Waals surface area (Å²) in [6.07, 6.45) is 10.8.